The summed E-state index contributed by atoms with van der Waals surface area (Å²) in [6.45, 7) is 2.61. The lowest BCUT2D eigenvalue weighted by Gasteiger charge is -2.47. The van der Waals surface area contributed by atoms with Gasteiger partial charge in [0.2, 0.25) is 0 Å². The highest BCUT2D eigenvalue weighted by atomic mass is 79.9. The number of aliphatic hydroxyl groups is 1. The van der Waals surface area contributed by atoms with Crippen LogP contribution < -0.4 is 5.32 Å². The molecule has 0 aromatic heterocycles. The number of nitrogens with one attached hydrogen (secondary N) is 1. The van der Waals surface area contributed by atoms with E-state index in [-0.39, 0.29) is 6.03 Å². The molecule has 2 N–H and O–H groups in total. The van der Waals surface area contributed by atoms with Crippen LogP contribution in [0.25, 0.3) is 0 Å². The number of carbonyl (C=O) groups is 1. The fourth-order valence-electron chi connectivity index (χ4n) is 3.57. The van der Waals surface area contributed by atoms with E-state index in [4.69, 9.17) is 0 Å². The van der Waals surface area contributed by atoms with Gasteiger partial charge in [-0.15, -0.1) is 0 Å². The Morgan fingerprint density at radius 3 is 2.74 bits per heavy atom. The maximum atomic E-state index is 12.2. The SMILES string of the molecule is O=C(NCC1CCN1C1CC1)N1CC(O)(c2cccc(Br)c2)C1. The van der Waals surface area contributed by atoms with Gasteiger partial charge in [-0.3, -0.25) is 4.90 Å². The molecule has 3 aliphatic rings. The molecule has 1 atom stereocenters. The monoisotopic (exact) mass is 379 g/mol. The first kappa shape index (κ1) is 15.4. The van der Waals surface area contributed by atoms with E-state index in [2.05, 4.69) is 26.1 Å². The summed E-state index contributed by atoms with van der Waals surface area (Å²) < 4.78 is 0.941. The molecule has 0 bridgehead atoms. The molecule has 1 aromatic rings. The smallest absolute Gasteiger partial charge is 0.317 e. The van der Waals surface area contributed by atoms with Crippen LogP contribution in [-0.2, 0) is 5.60 Å². The number of rotatable bonds is 4. The molecule has 3 fully saturated rings. The Balaban J connectivity index is 1.27. The predicted molar refractivity (Wildman–Crippen MR) is 91.1 cm³/mol. The molecule has 0 radical (unpaired) electrons. The fourth-order valence-corrected chi connectivity index (χ4v) is 3.97. The molecule has 2 aliphatic heterocycles. The molecule has 124 valence electrons. The Morgan fingerprint density at radius 1 is 1.35 bits per heavy atom. The molecule has 2 heterocycles. The van der Waals surface area contributed by atoms with E-state index in [1.807, 2.05) is 24.3 Å². The molecule has 1 unspecified atom stereocenters. The van der Waals surface area contributed by atoms with Gasteiger partial charge in [-0.05, 0) is 37.0 Å². The Labute approximate surface area is 144 Å². The van der Waals surface area contributed by atoms with Gasteiger partial charge in [0.05, 0.1) is 13.1 Å². The second-order valence-corrected chi connectivity index (χ2v) is 7.91. The zero-order valence-electron chi connectivity index (χ0n) is 13.0. The first-order valence-electron chi connectivity index (χ1n) is 8.32. The van der Waals surface area contributed by atoms with Crippen molar-refractivity contribution in [3.63, 3.8) is 0 Å². The summed E-state index contributed by atoms with van der Waals surface area (Å²) in [4.78, 5) is 16.4. The zero-order chi connectivity index (χ0) is 16.0. The highest BCUT2D eigenvalue weighted by Crippen LogP contribution is 2.35. The van der Waals surface area contributed by atoms with Crippen molar-refractivity contribution in [2.75, 3.05) is 26.2 Å². The van der Waals surface area contributed by atoms with Crippen molar-refractivity contribution >= 4 is 22.0 Å². The van der Waals surface area contributed by atoms with Gasteiger partial charge in [0.15, 0.2) is 0 Å². The third-order valence-electron chi connectivity index (χ3n) is 5.25. The van der Waals surface area contributed by atoms with E-state index in [9.17, 15) is 9.90 Å². The van der Waals surface area contributed by atoms with E-state index in [0.29, 0.717) is 19.1 Å². The lowest BCUT2D eigenvalue weighted by Crippen LogP contribution is -2.64. The average Bonchev–Trinajstić information content (AvgIpc) is 3.27. The summed E-state index contributed by atoms with van der Waals surface area (Å²) in [5.41, 5.74) is -0.0627. The molecule has 2 saturated heterocycles. The largest absolute Gasteiger partial charge is 0.381 e. The quantitative estimate of drug-likeness (QED) is 0.839. The van der Waals surface area contributed by atoms with Crippen molar-refractivity contribution in [3.05, 3.63) is 34.3 Å². The van der Waals surface area contributed by atoms with Gasteiger partial charge in [-0.2, -0.15) is 0 Å². The van der Waals surface area contributed by atoms with E-state index in [1.54, 1.807) is 4.90 Å². The second kappa shape index (κ2) is 5.76. The lowest BCUT2D eigenvalue weighted by atomic mass is 9.86. The van der Waals surface area contributed by atoms with Crippen LogP contribution in [0.1, 0.15) is 24.8 Å². The number of β-amino-alcohol motifs (C(OH)–C–C–N with tert-alkyl or cyclic N) is 1. The molecule has 4 rings (SSSR count). The topological polar surface area (TPSA) is 55.8 Å². The van der Waals surface area contributed by atoms with Crippen LogP contribution in [0.3, 0.4) is 0 Å². The Hall–Kier alpha value is -1.11. The minimum Gasteiger partial charge on any atom is -0.381 e. The van der Waals surface area contributed by atoms with Gasteiger partial charge < -0.3 is 15.3 Å². The Kier molecular flexibility index (Phi) is 3.86. The van der Waals surface area contributed by atoms with E-state index < -0.39 is 5.60 Å². The third-order valence-corrected chi connectivity index (χ3v) is 5.74. The molecule has 1 aromatic carbocycles. The number of nitrogens with zero attached hydrogens (tertiary/aromatic N) is 2. The molecular formula is C17H22BrN3O2. The molecule has 1 saturated carbocycles. The van der Waals surface area contributed by atoms with Crippen molar-refractivity contribution in [1.82, 2.24) is 15.1 Å². The minimum absolute atomic E-state index is 0.0627. The first-order chi connectivity index (χ1) is 11.0. The number of carbonyl (C=O) groups excluding carboxylic acids is 1. The van der Waals surface area contributed by atoms with Gasteiger partial charge in [0.25, 0.3) is 0 Å². The lowest BCUT2D eigenvalue weighted by molar-refractivity contribution is -0.0819. The van der Waals surface area contributed by atoms with Crippen LogP contribution in [0.15, 0.2) is 28.7 Å². The summed E-state index contributed by atoms with van der Waals surface area (Å²) in [5, 5.41) is 13.7. The van der Waals surface area contributed by atoms with Gasteiger partial charge in [0.1, 0.15) is 5.60 Å². The van der Waals surface area contributed by atoms with Crippen LogP contribution in [0.4, 0.5) is 4.79 Å². The van der Waals surface area contributed by atoms with E-state index in [1.165, 1.54) is 25.8 Å². The van der Waals surface area contributed by atoms with Crippen molar-refractivity contribution in [1.29, 1.82) is 0 Å². The van der Waals surface area contributed by atoms with Crippen LogP contribution in [0, 0.1) is 0 Å². The summed E-state index contributed by atoms with van der Waals surface area (Å²) >= 11 is 3.42. The molecule has 1 aliphatic carbocycles. The van der Waals surface area contributed by atoms with Gasteiger partial charge >= 0.3 is 6.03 Å². The minimum atomic E-state index is -0.919. The highest BCUT2D eigenvalue weighted by Gasteiger charge is 2.45. The molecule has 23 heavy (non-hydrogen) atoms. The van der Waals surface area contributed by atoms with Crippen LogP contribution >= 0.6 is 15.9 Å². The Bertz CT molecular complexity index is 614. The molecular weight excluding hydrogens is 358 g/mol. The summed E-state index contributed by atoms with van der Waals surface area (Å²) in [6, 6.07) is 8.88. The average molecular weight is 380 g/mol. The molecule has 2 amide bonds. The standard InChI is InChI=1S/C17H22BrN3O2/c18-13-3-1-2-12(8-13)17(23)10-20(11-17)16(22)19-9-15-6-7-21(15)14-4-5-14/h1-3,8,14-15,23H,4-7,9-11H2,(H,19,22). The van der Waals surface area contributed by atoms with Gasteiger partial charge in [-0.1, -0.05) is 28.1 Å². The molecule has 5 nitrogen and oxygen atoms in total. The number of urea groups is 1. The fraction of sp³-hybridized carbons (Fsp3) is 0.588. The van der Waals surface area contributed by atoms with Crippen LogP contribution in [-0.4, -0.2) is 59.2 Å². The van der Waals surface area contributed by atoms with Crippen LogP contribution in [0.5, 0.6) is 0 Å². The number of amides is 2. The van der Waals surface area contributed by atoms with E-state index in [0.717, 1.165) is 22.6 Å². The summed E-state index contributed by atoms with van der Waals surface area (Å²) in [7, 11) is 0. The van der Waals surface area contributed by atoms with Crippen molar-refractivity contribution in [2.45, 2.75) is 36.9 Å². The van der Waals surface area contributed by atoms with Crippen molar-refractivity contribution in [2.24, 2.45) is 0 Å². The van der Waals surface area contributed by atoms with Gasteiger partial charge in [-0.25, -0.2) is 4.79 Å². The Morgan fingerprint density at radius 2 is 2.13 bits per heavy atom. The molecule has 0 spiro atoms. The van der Waals surface area contributed by atoms with Crippen molar-refractivity contribution in [3.8, 4) is 0 Å². The molecule has 6 heteroatoms. The number of hydrogen-bond donors (Lipinski definition) is 2. The van der Waals surface area contributed by atoms with Crippen molar-refractivity contribution < 1.29 is 9.90 Å². The summed E-state index contributed by atoms with van der Waals surface area (Å²) in [5.74, 6) is 0. The summed E-state index contributed by atoms with van der Waals surface area (Å²) in [6.07, 6.45) is 3.81. The normalized spacial score (nSPS) is 26.3. The number of likely N-dealkylation sites (tertiary alicyclic amines) is 2. The van der Waals surface area contributed by atoms with E-state index >= 15 is 0 Å². The zero-order valence-corrected chi connectivity index (χ0v) is 14.6. The third kappa shape index (κ3) is 2.99. The number of hydrogen-bond acceptors (Lipinski definition) is 3. The highest BCUT2D eigenvalue weighted by molar-refractivity contribution is 9.10. The van der Waals surface area contributed by atoms with Gasteiger partial charge in [0, 0.05) is 29.6 Å². The number of benzene rings is 1. The maximum Gasteiger partial charge on any atom is 0.317 e. The number of halogens is 1. The maximum absolute atomic E-state index is 12.2. The predicted octanol–water partition coefficient (Wildman–Crippen LogP) is 1.90. The second-order valence-electron chi connectivity index (χ2n) is 7.00. The first-order valence-corrected chi connectivity index (χ1v) is 9.11. The van der Waals surface area contributed by atoms with Crippen LogP contribution in [0.2, 0.25) is 0 Å².